The van der Waals surface area contributed by atoms with E-state index in [0.29, 0.717) is 13.1 Å². The van der Waals surface area contributed by atoms with Crippen molar-refractivity contribution in [1.82, 2.24) is 25.4 Å². The van der Waals surface area contributed by atoms with E-state index in [1.54, 1.807) is 29.5 Å². The lowest BCUT2D eigenvalue weighted by molar-refractivity contribution is 0.206. The van der Waals surface area contributed by atoms with Gasteiger partial charge in [0.25, 0.3) is 0 Å². The van der Waals surface area contributed by atoms with Crippen LogP contribution in [0, 0.1) is 6.92 Å². The molecule has 2 heterocycles. The number of aromatic nitrogens is 3. The topological polar surface area (TPSA) is 73.9 Å². The minimum atomic E-state index is -0.111. The van der Waals surface area contributed by atoms with Crippen molar-refractivity contribution in [1.29, 1.82) is 0 Å². The van der Waals surface area contributed by atoms with Gasteiger partial charge in [-0.3, -0.25) is 5.10 Å². The number of amides is 2. The molecule has 0 aliphatic heterocycles. The first-order chi connectivity index (χ1) is 11.6. The van der Waals surface area contributed by atoms with Crippen LogP contribution in [0.3, 0.4) is 0 Å². The number of rotatable bonds is 5. The maximum Gasteiger partial charge on any atom is 0.317 e. The Morgan fingerprint density at radius 3 is 2.71 bits per heavy atom. The molecule has 2 aromatic heterocycles. The summed E-state index contributed by atoms with van der Waals surface area (Å²) in [6, 6.07) is 9.84. The maximum absolute atomic E-state index is 12.2. The van der Waals surface area contributed by atoms with Crippen molar-refractivity contribution in [2.75, 3.05) is 7.05 Å². The lowest BCUT2D eigenvalue weighted by atomic mass is 10.1. The zero-order chi connectivity index (χ0) is 16.9. The third-order valence-electron chi connectivity index (χ3n) is 3.60. The van der Waals surface area contributed by atoms with E-state index < -0.39 is 0 Å². The Bertz CT molecular complexity index is 795. The number of urea groups is 1. The molecule has 0 fully saturated rings. The summed E-state index contributed by atoms with van der Waals surface area (Å²) in [4.78, 5) is 18.2. The Balaban J connectivity index is 1.52. The fourth-order valence-electron chi connectivity index (χ4n) is 2.28. The van der Waals surface area contributed by atoms with E-state index in [1.165, 1.54) is 0 Å². The van der Waals surface area contributed by atoms with E-state index in [0.717, 1.165) is 27.5 Å². The van der Waals surface area contributed by atoms with Gasteiger partial charge in [-0.25, -0.2) is 9.78 Å². The number of hydrogen-bond acceptors (Lipinski definition) is 4. The second-order valence-electron chi connectivity index (χ2n) is 5.56. The number of hydrogen-bond donors (Lipinski definition) is 2. The molecule has 0 saturated carbocycles. The molecule has 0 atom stereocenters. The molecular weight excluding hydrogens is 322 g/mol. The Morgan fingerprint density at radius 1 is 1.29 bits per heavy atom. The van der Waals surface area contributed by atoms with Gasteiger partial charge in [-0.2, -0.15) is 5.10 Å². The number of H-pyrrole nitrogens is 1. The molecule has 3 aromatic rings. The van der Waals surface area contributed by atoms with Crippen LogP contribution in [0.5, 0.6) is 0 Å². The number of carbonyl (C=O) groups is 1. The summed E-state index contributed by atoms with van der Waals surface area (Å²) >= 11 is 1.57. The van der Waals surface area contributed by atoms with Gasteiger partial charge in [0, 0.05) is 30.9 Å². The van der Waals surface area contributed by atoms with Crippen LogP contribution >= 0.6 is 11.3 Å². The SMILES string of the molecule is Cc1csc(CN(C)C(=O)NCc2ccc(-c3ccn[nH]3)cc2)n1. The van der Waals surface area contributed by atoms with Crippen LogP contribution < -0.4 is 5.32 Å². The Labute approximate surface area is 144 Å². The van der Waals surface area contributed by atoms with Crippen LogP contribution in [0.1, 0.15) is 16.3 Å². The van der Waals surface area contributed by atoms with E-state index in [2.05, 4.69) is 20.5 Å². The molecule has 0 spiro atoms. The monoisotopic (exact) mass is 341 g/mol. The van der Waals surface area contributed by atoms with Crippen LogP contribution in [-0.2, 0) is 13.1 Å². The summed E-state index contributed by atoms with van der Waals surface area (Å²) in [5.41, 5.74) is 4.08. The number of aromatic amines is 1. The molecule has 7 heteroatoms. The Kier molecular flexibility index (Phi) is 4.90. The smallest absolute Gasteiger partial charge is 0.317 e. The van der Waals surface area contributed by atoms with Gasteiger partial charge in [0.15, 0.2) is 0 Å². The second kappa shape index (κ2) is 7.27. The molecule has 0 aliphatic carbocycles. The summed E-state index contributed by atoms with van der Waals surface area (Å²) in [5, 5.41) is 12.7. The van der Waals surface area contributed by atoms with Crippen molar-refractivity contribution in [2.45, 2.75) is 20.0 Å². The molecule has 124 valence electrons. The molecule has 0 saturated heterocycles. The number of nitrogens with one attached hydrogen (secondary N) is 2. The summed E-state index contributed by atoms with van der Waals surface area (Å²) in [5.74, 6) is 0. The average Bonchev–Trinajstić information content (AvgIpc) is 3.25. The highest BCUT2D eigenvalue weighted by Crippen LogP contribution is 2.16. The first kappa shape index (κ1) is 16.2. The average molecular weight is 341 g/mol. The van der Waals surface area contributed by atoms with Gasteiger partial charge in [0.1, 0.15) is 5.01 Å². The van der Waals surface area contributed by atoms with Gasteiger partial charge in [0.05, 0.1) is 12.2 Å². The third-order valence-corrected chi connectivity index (χ3v) is 4.55. The van der Waals surface area contributed by atoms with Crippen LogP contribution in [-0.4, -0.2) is 33.2 Å². The number of carbonyl (C=O) groups excluding carboxylic acids is 1. The Hall–Kier alpha value is -2.67. The zero-order valence-corrected chi connectivity index (χ0v) is 14.4. The standard InChI is InChI=1S/C17H19N5OS/c1-12-11-24-16(20-12)10-22(2)17(23)18-9-13-3-5-14(6-4-13)15-7-8-19-21-15/h3-8,11H,9-10H2,1-2H3,(H,18,23)(H,19,21). The minimum Gasteiger partial charge on any atom is -0.334 e. The lowest BCUT2D eigenvalue weighted by Gasteiger charge is -2.16. The summed E-state index contributed by atoms with van der Waals surface area (Å²) in [6.45, 7) is 2.96. The lowest BCUT2D eigenvalue weighted by Crippen LogP contribution is -2.36. The van der Waals surface area contributed by atoms with E-state index >= 15 is 0 Å². The Morgan fingerprint density at radius 2 is 2.08 bits per heavy atom. The zero-order valence-electron chi connectivity index (χ0n) is 13.6. The van der Waals surface area contributed by atoms with E-state index in [9.17, 15) is 4.79 Å². The van der Waals surface area contributed by atoms with Gasteiger partial charge >= 0.3 is 6.03 Å². The highest BCUT2D eigenvalue weighted by molar-refractivity contribution is 7.09. The molecule has 2 N–H and O–H groups in total. The van der Waals surface area contributed by atoms with Crippen LogP contribution in [0.4, 0.5) is 4.79 Å². The highest BCUT2D eigenvalue weighted by atomic mass is 32.1. The first-order valence-corrected chi connectivity index (χ1v) is 8.48. The summed E-state index contributed by atoms with van der Waals surface area (Å²) in [7, 11) is 1.77. The number of benzene rings is 1. The van der Waals surface area contributed by atoms with Gasteiger partial charge in [-0.15, -0.1) is 11.3 Å². The van der Waals surface area contributed by atoms with Crippen LogP contribution in [0.25, 0.3) is 11.3 Å². The molecule has 0 unspecified atom stereocenters. The van der Waals surface area contributed by atoms with E-state index in [-0.39, 0.29) is 6.03 Å². The molecule has 0 radical (unpaired) electrons. The van der Waals surface area contributed by atoms with Gasteiger partial charge in [0.2, 0.25) is 0 Å². The van der Waals surface area contributed by atoms with E-state index in [1.807, 2.05) is 42.6 Å². The minimum absolute atomic E-state index is 0.111. The second-order valence-corrected chi connectivity index (χ2v) is 6.51. The van der Waals surface area contributed by atoms with Gasteiger partial charge in [-0.05, 0) is 24.1 Å². The summed E-state index contributed by atoms with van der Waals surface area (Å²) in [6.07, 6.45) is 1.73. The van der Waals surface area contributed by atoms with Crippen molar-refractivity contribution in [3.05, 3.63) is 58.2 Å². The fraction of sp³-hybridized carbons (Fsp3) is 0.235. The molecule has 3 rings (SSSR count). The van der Waals surface area contributed by atoms with E-state index in [4.69, 9.17) is 0 Å². The number of thiazole rings is 1. The quantitative estimate of drug-likeness (QED) is 0.748. The van der Waals surface area contributed by atoms with Crippen molar-refractivity contribution in [3.63, 3.8) is 0 Å². The molecular formula is C17H19N5OS. The molecule has 0 bridgehead atoms. The van der Waals surface area contributed by atoms with Crippen LogP contribution in [0.15, 0.2) is 41.9 Å². The molecule has 0 aliphatic rings. The van der Waals surface area contributed by atoms with Crippen molar-refractivity contribution in [3.8, 4) is 11.3 Å². The highest BCUT2D eigenvalue weighted by Gasteiger charge is 2.10. The fourth-order valence-corrected chi connectivity index (χ4v) is 3.11. The third kappa shape index (κ3) is 3.99. The largest absolute Gasteiger partial charge is 0.334 e. The van der Waals surface area contributed by atoms with Gasteiger partial charge < -0.3 is 10.2 Å². The first-order valence-electron chi connectivity index (χ1n) is 7.60. The van der Waals surface area contributed by atoms with Crippen molar-refractivity contribution >= 4 is 17.4 Å². The van der Waals surface area contributed by atoms with Crippen LogP contribution in [0.2, 0.25) is 0 Å². The van der Waals surface area contributed by atoms with Crippen molar-refractivity contribution < 1.29 is 4.79 Å². The molecule has 2 amide bonds. The normalized spacial score (nSPS) is 10.6. The predicted octanol–water partition coefficient (Wildman–Crippen LogP) is 3.18. The maximum atomic E-state index is 12.2. The summed E-state index contributed by atoms with van der Waals surface area (Å²) < 4.78 is 0. The van der Waals surface area contributed by atoms with Gasteiger partial charge in [-0.1, -0.05) is 24.3 Å². The predicted molar refractivity (Wildman–Crippen MR) is 94.6 cm³/mol. The molecule has 1 aromatic carbocycles. The number of nitrogens with zero attached hydrogens (tertiary/aromatic N) is 3. The van der Waals surface area contributed by atoms with Crippen molar-refractivity contribution in [2.24, 2.45) is 0 Å². The number of aryl methyl sites for hydroxylation is 1. The molecule has 24 heavy (non-hydrogen) atoms. The molecule has 6 nitrogen and oxygen atoms in total.